The molecule has 122 valence electrons. The Morgan fingerprint density at radius 2 is 1.86 bits per heavy atom. The summed E-state index contributed by atoms with van der Waals surface area (Å²) in [5, 5.41) is 0. The molecule has 1 aromatic rings. The topological polar surface area (TPSA) is 64.8 Å². The molecule has 0 aliphatic heterocycles. The number of hydrogen-bond acceptors (Lipinski definition) is 4. The molecule has 0 spiro atoms. The average molecular weight is 306 g/mol. The van der Waals surface area contributed by atoms with Gasteiger partial charge in [0, 0.05) is 7.05 Å². The minimum absolute atomic E-state index is 0.0239. The Labute approximate surface area is 132 Å². The van der Waals surface area contributed by atoms with Gasteiger partial charge in [0.15, 0.2) is 11.5 Å². The quantitative estimate of drug-likeness (QED) is 0.875. The van der Waals surface area contributed by atoms with Gasteiger partial charge >= 0.3 is 0 Å². The Morgan fingerprint density at radius 1 is 1.23 bits per heavy atom. The van der Waals surface area contributed by atoms with Crippen LogP contribution in [0.2, 0.25) is 0 Å². The molecule has 1 saturated carbocycles. The fourth-order valence-corrected chi connectivity index (χ4v) is 2.91. The third-order valence-corrected chi connectivity index (χ3v) is 4.27. The zero-order chi connectivity index (χ0) is 16.0. The zero-order valence-corrected chi connectivity index (χ0v) is 13.5. The molecule has 0 unspecified atom stereocenters. The molecule has 1 aliphatic rings. The van der Waals surface area contributed by atoms with Gasteiger partial charge in [0.25, 0.3) is 0 Å². The summed E-state index contributed by atoms with van der Waals surface area (Å²) in [7, 11) is 3.40. The van der Waals surface area contributed by atoms with Crippen molar-refractivity contribution in [2.24, 2.45) is 5.73 Å². The van der Waals surface area contributed by atoms with E-state index in [0.29, 0.717) is 24.7 Å². The Kier molecular flexibility index (Phi) is 5.66. The number of para-hydroxylation sites is 2. The van der Waals surface area contributed by atoms with Crippen molar-refractivity contribution in [2.45, 2.75) is 37.6 Å². The normalized spacial score (nSPS) is 16.9. The molecule has 0 radical (unpaired) electrons. The summed E-state index contributed by atoms with van der Waals surface area (Å²) in [6.07, 6.45) is 4.81. The molecular formula is C17H26N2O3. The van der Waals surface area contributed by atoms with E-state index in [4.69, 9.17) is 15.2 Å². The molecule has 5 heteroatoms. The van der Waals surface area contributed by atoms with E-state index in [-0.39, 0.29) is 5.91 Å². The lowest BCUT2D eigenvalue weighted by Crippen LogP contribution is -2.55. The van der Waals surface area contributed by atoms with E-state index >= 15 is 0 Å². The second kappa shape index (κ2) is 7.49. The number of amides is 1. The summed E-state index contributed by atoms with van der Waals surface area (Å²) in [5.41, 5.74) is 5.60. The van der Waals surface area contributed by atoms with Crippen LogP contribution in [0.5, 0.6) is 11.5 Å². The van der Waals surface area contributed by atoms with E-state index in [1.54, 1.807) is 19.1 Å². The molecule has 2 rings (SSSR count). The maximum atomic E-state index is 12.5. The van der Waals surface area contributed by atoms with E-state index in [1.165, 1.54) is 6.42 Å². The van der Waals surface area contributed by atoms with Crippen LogP contribution in [0.4, 0.5) is 0 Å². The maximum absolute atomic E-state index is 12.5. The highest BCUT2D eigenvalue weighted by atomic mass is 16.5. The van der Waals surface area contributed by atoms with E-state index < -0.39 is 5.54 Å². The molecule has 1 amide bonds. The van der Waals surface area contributed by atoms with Crippen LogP contribution in [-0.2, 0) is 4.79 Å². The molecule has 22 heavy (non-hydrogen) atoms. The summed E-state index contributed by atoms with van der Waals surface area (Å²) < 4.78 is 10.9. The minimum Gasteiger partial charge on any atom is -0.493 e. The molecule has 0 saturated heterocycles. The molecule has 0 heterocycles. The Hall–Kier alpha value is -1.75. The van der Waals surface area contributed by atoms with Gasteiger partial charge in [0.05, 0.1) is 19.2 Å². The van der Waals surface area contributed by atoms with Crippen LogP contribution in [-0.4, -0.2) is 43.7 Å². The van der Waals surface area contributed by atoms with Gasteiger partial charge in [-0.05, 0) is 25.0 Å². The summed E-state index contributed by atoms with van der Waals surface area (Å²) in [5.74, 6) is 1.40. The van der Waals surface area contributed by atoms with Gasteiger partial charge in [-0.2, -0.15) is 0 Å². The van der Waals surface area contributed by atoms with Crippen molar-refractivity contribution in [1.29, 1.82) is 0 Å². The maximum Gasteiger partial charge on any atom is 0.242 e. The van der Waals surface area contributed by atoms with Gasteiger partial charge in [0.1, 0.15) is 6.61 Å². The predicted molar refractivity (Wildman–Crippen MR) is 86.1 cm³/mol. The molecule has 2 N–H and O–H groups in total. The van der Waals surface area contributed by atoms with Crippen molar-refractivity contribution in [2.75, 3.05) is 27.3 Å². The standard InChI is InChI=1S/C17H26N2O3/c1-19(16(20)17(18)10-6-3-7-11-17)12-13-22-15-9-5-4-8-14(15)21-2/h4-5,8-9H,3,6-7,10-13,18H2,1-2H3. The Balaban J connectivity index is 1.84. The first-order chi connectivity index (χ1) is 10.6. The van der Waals surface area contributed by atoms with Crippen LogP contribution in [0, 0.1) is 0 Å². The van der Waals surface area contributed by atoms with Gasteiger partial charge in [-0.25, -0.2) is 0 Å². The zero-order valence-electron chi connectivity index (χ0n) is 13.5. The van der Waals surface area contributed by atoms with Gasteiger partial charge in [0.2, 0.25) is 5.91 Å². The van der Waals surface area contributed by atoms with Crippen molar-refractivity contribution in [3.8, 4) is 11.5 Å². The number of rotatable bonds is 6. The van der Waals surface area contributed by atoms with Gasteiger partial charge in [-0.3, -0.25) is 4.79 Å². The molecular weight excluding hydrogens is 280 g/mol. The number of carbonyl (C=O) groups is 1. The number of likely N-dealkylation sites (N-methyl/N-ethyl adjacent to an activating group) is 1. The van der Waals surface area contributed by atoms with Crippen molar-refractivity contribution >= 4 is 5.91 Å². The largest absolute Gasteiger partial charge is 0.493 e. The van der Waals surface area contributed by atoms with Crippen molar-refractivity contribution in [3.05, 3.63) is 24.3 Å². The van der Waals surface area contributed by atoms with Gasteiger partial charge < -0.3 is 20.1 Å². The lowest BCUT2D eigenvalue weighted by molar-refractivity contribution is -0.137. The Bertz CT molecular complexity index is 498. The molecule has 1 fully saturated rings. The fraction of sp³-hybridized carbons (Fsp3) is 0.588. The first-order valence-corrected chi connectivity index (χ1v) is 7.87. The number of methoxy groups -OCH3 is 1. The van der Waals surface area contributed by atoms with E-state index in [1.807, 2.05) is 24.3 Å². The summed E-state index contributed by atoms with van der Waals surface area (Å²) in [4.78, 5) is 14.2. The highest BCUT2D eigenvalue weighted by molar-refractivity contribution is 5.86. The fourth-order valence-electron chi connectivity index (χ4n) is 2.91. The van der Waals surface area contributed by atoms with Crippen LogP contribution >= 0.6 is 0 Å². The number of ether oxygens (including phenoxy) is 2. The third-order valence-electron chi connectivity index (χ3n) is 4.27. The lowest BCUT2D eigenvalue weighted by Gasteiger charge is -2.35. The average Bonchev–Trinajstić information content (AvgIpc) is 2.55. The first-order valence-electron chi connectivity index (χ1n) is 7.87. The van der Waals surface area contributed by atoms with Crippen molar-refractivity contribution < 1.29 is 14.3 Å². The smallest absolute Gasteiger partial charge is 0.242 e. The second-order valence-electron chi connectivity index (χ2n) is 5.94. The van der Waals surface area contributed by atoms with Gasteiger partial charge in [-0.15, -0.1) is 0 Å². The molecule has 1 aliphatic carbocycles. The number of nitrogens with zero attached hydrogens (tertiary/aromatic N) is 1. The Morgan fingerprint density at radius 3 is 2.50 bits per heavy atom. The predicted octanol–water partition coefficient (Wildman–Crippen LogP) is 2.19. The lowest BCUT2D eigenvalue weighted by atomic mass is 9.81. The van der Waals surface area contributed by atoms with Crippen LogP contribution in [0.25, 0.3) is 0 Å². The molecule has 5 nitrogen and oxygen atoms in total. The first kappa shape index (κ1) is 16.6. The third kappa shape index (κ3) is 3.91. The summed E-state index contributed by atoms with van der Waals surface area (Å²) >= 11 is 0. The summed E-state index contributed by atoms with van der Waals surface area (Å²) in [6.45, 7) is 0.925. The van der Waals surface area contributed by atoms with Gasteiger partial charge in [-0.1, -0.05) is 31.4 Å². The van der Waals surface area contributed by atoms with E-state index in [0.717, 1.165) is 25.7 Å². The van der Waals surface area contributed by atoms with E-state index in [2.05, 4.69) is 0 Å². The number of benzene rings is 1. The molecule has 0 bridgehead atoms. The monoisotopic (exact) mass is 306 g/mol. The molecule has 0 atom stereocenters. The molecule has 1 aromatic carbocycles. The van der Waals surface area contributed by atoms with Crippen LogP contribution in [0.15, 0.2) is 24.3 Å². The minimum atomic E-state index is -0.683. The highest BCUT2D eigenvalue weighted by Gasteiger charge is 2.37. The van der Waals surface area contributed by atoms with Crippen molar-refractivity contribution in [1.82, 2.24) is 4.90 Å². The van der Waals surface area contributed by atoms with Crippen LogP contribution < -0.4 is 15.2 Å². The summed E-state index contributed by atoms with van der Waals surface area (Å²) in [6, 6.07) is 7.49. The number of nitrogens with two attached hydrogens (primary N) is 1. The number of carbonyl (C=O) groups excluding carboxylic acids is 1. The second-order valence-corrected chi connectivity index (χ2v) is 5.94. The van der Waals surface area contributed by atoms with E-state index in [9.17, 15) is 4.79 Å². The van der Waals surface area contributed by atoms with Crippen LogP contribution in [0.3, 0.4) is 0 Å². The number of hydrogen-bond donors (Lipinski definition) is 1. The molecule has 0 aromatic heterocycles. The SMILES string of the molecule is COc1ccccc1OCCN(C)C(=O)C1(N)CCCCC1. The highest BCUT2D eigenvalue weighted by Crippen LogP contribution is 2.28. The van der Waals surface area contributed by atoms with Crippen LogP contribution in [0.1, 0.15) is 32.1 Å². The van der Waals surface area contributed by atoms with Crippen molar-refractivity contribution in [3.63, 3.8) is 0 Å².